The zero-order valence-electron chi connectivity index (χ0n) is 14.1. The maximum atomic E-state index is 12.5. The Morgan fingerprint density at radius 3 is 2.23 bits per heavy atom. The summed E-state index contributed by atoms with van der Waals surface area (Å²) in [4.78, 5) is 44.6. The van der Waals surface area contributed by atoms with Crippen molar-refractivity contribution < 1.29 is 19.1 Å². The van der Waals surface area contributed by atoms with Gasteiger partial charge in [-0.3, -0.25) is 19.3 Å². The number of rotatable bonds is 4. The van der Waals surface area contributed by atoms with Crippen LogP contribution in [0.1, 0.15) is 31.1 Å². The van der Waals surface area contributed by atoms with E-state index in [0.29, 0.717) is 29.9 Å². The summed E-state index contributed by atoms with van der Waals surface area (Å²) in [6.45, 7) is 2.54. The Kier molecular flexibility index (Phi) is 4.22. The number of pyridine rings is 1. The lowest BCUT2D eigenvalue weighted by Gasteiger charge is -2.27. The minimum absolute atomic E-state index is 0.287. The monoisotopic (exact) mass is 351 g/mol. The van der Waals surface area contributed by atoms with Crippen molar-refractivity contribution in [3.05, 3.63) is 59.3 Å². The molecule has 132 valence electrons. The van der Waals surface area contributed by atoms with Gasteiger partial charge in [0.1, 0.15) is 5.82 Å². The molecule has 1 fully saturated rings. The largest absolute Gasteiger partial charge is 0.378 e. The smallest absolute Gasteiger partial charge is 0.261 e. The SMILES string of the molecule is O=C(CN1C(=O)c2ccccc2C1=O)c1ccc(N2CCOCC2)nc1. The summed E-state index contributed by atoms with van der Waals surface area (Å²) in [5.74, 6) is -0.403. The number of ether oxygens (including phenoxy) is 1. The number of hydrogen-bond donors (Lipinski definition) is 0. The third-order valence-corrected chi connectivity index (χ3v) is 4.58. The number of imide groups is 1. The first kappa shape index (κ1) is 16.4. The Morgan fingerprint density at radius 2 is 1.65 bits per heavy atom. The summed E-state index contributed by atoms with van der Waals surface area (Å²) < 4.78 is 5.31. The number of anilines is 1. The van der Waals surface area contributed by atoms with Crippen LogP contribution in [0.5, 0.6) is 0 Å². The molecule has 3 heterocycles. The van der Waals surface area contributed by atoms with Crippen molar-refractivity contribution in [3.8, 4) is 0 Å². The number of carbonyl (C=O) groups excluding carboxylic acids is 3. The van der Waals surface area contributed by atoms with E-state index in [-0.39, 0.29) is 12.3 Å². The summed E-state index contributed by atoms with van der Waals surface area (Å²) in [5.41, 5.74) is 1.05. The Labute approximate surface area is 150 Å². The van der Waals surface area contributed by atoms with Crippen molar-refractivity contribution in [2.24, 2.45) is 0 Å². The van der Waals surface area contributed by atoms with Crippen LogP contribution in [0.4, 0.5) is 5.82 Å². The van der Waals surface area contributed by atoms with E-state index < -0.39 is 11.8 Å². The molecule has 0 aliphatic carbocycles. The number of morpholine rings is 1. The molecule has 7 heteroatoms. The topological polar surface area (TPSA) is 79.8 Å². The van der Waals surface area contributed by atoms with Crippen LogP contribution in [-0.2, 0) is 4.74 Å². The number of aromatic nitrogens is 1. The predicted octanol–water partition coefficient (Wildman–Crippen LogP) is 1.40. The number of Topliss-reactive ketones (excluding diaryl/α,β-unsaturated/α-hetero) is 1. The van der Waals surface area contributed by atoms with Gasteiger partial charge >= 0.3 is 0 Å². The van der Waals surface area contributed by atoms with E-state index in [2.05, 4.69) is 9.88 Å². The molecule has 0 radical (unpaired) electrons. The van der Waals surface area contributed by atoms with Gasteiger partial charge in [0, 0.05) is 24.8 Å². The minimum atomic E-state index is -0.433. The van der Waals surface area contributed by atoms with Crippen LogP contribution < -0.4 is 4.90 Å². The molecule has 0 spiro atoms. The maximum absolute atomic E-state index is 12.5. The van der Waals surface area contributed by atoms with Crippen LogP contribution >= 0.6 is 0 Å². The predicted molar refractivity (Wildman–Crippen MR) is 93.4 cm³/mol. The molecule has 0 saturated carbocycles. The number of amides is 2. The van der Waals surface area contributed by atoms with Crippen LogP contribution in [0.15, 0.2) is 42.6 Å². The zero-order valence-corrected chi connectivity index (χ0v) is 14.1. The van der Waals surface area contributed by atoms with Gasteiger partial charge in [-0.1, -0.05) is 12.1 Å². The van der Waals surface area contributed by atoms with E-state index in [1.54, 1.807) is 36.4 Å². The molecule has 1 saturated heterocycles. The minimum Gasteiger partial charge on any atom is -0.378 e. The van der Waals surface area contributed by atoms with E-state index in [4.69, 9.17) is 4.74 Å². The highest BCUT2D eigenvalue weighted by Gasteiger charge is 2.36. The summed E-state index contributed by atoms with van der Waals surface area (Å²) >= 11 is 0. The Morgan fingerprint density at radius 1 is 1.00 bits per heavy atom. The first-order chi connectivity index (χ1) is 12.6. The molecular formula is C19H17N3O4. The summed E-state index contributed by atoms with van der Waals surface area (Å²) in [6.07, 6.45) is 1.49. The standard InChI is InChI=1S/C19H17N3O4/c23-16(12-22-18(24)14-3-1-2-4-15(14)19(22)25)13-5-6-17(20-11-13)21-7-9-26-10-8-21/h1-6,11H,7-10,12H2. The van der Waals surface area contributed by atoms with Gasteiger partial charge in [0.15, 0.2) is 5.78 Å². The molecule has 0 N–H and O–H groups in total. The molecule has 1 aromatic heterocycles. The van der Waals surface area contributed by atoms with Gasteiger partial charge in [-0.25, -0.2) is 4.98 Å². The second-order valence-corrected chi connectivity index (χ2v) is 6.17. The van der Waals surface area contributed by atoms with Crippen LogP contribution in [0.25, 0.3) is 0 Å². The van der Waals surface area contributed by atoms with E-state index in [0.717, 1.165) is 23.8 Å². The maximum Gasteiger partial charge on any atom is 0.261 e. The molecule has 7 nitrogen and oxygen atoms in total. The van der Waals surface area contributed by atoms with Gasteiger partial charge < -0.3 is 9.64 Å². The third kappa shape index (κ3) is 2.86. The van der Waals surface area contributed by atoms with Gasteiger partial charge in [0.25, 0.3) is 11.8 Å². The first-order valence-corrected chi connectivity index (χ1v) is 8.42. The Bertz CT molecular complexity index is 838. The van der Waals surface area contributed by atoms with Crippen molar-refractivity contribution in [2.75, 3.05) is 37.7 Å². The molecule has 2 aliphatic heterocycles. The Balaban J connectivity index is 1.47. The highest BCUT2D eigenvalue weighted by molar-refractivity contribution is 6.23. The average molecular weight is 351 g/mol. The van der Waals surface area contributed by atoms with Gasteiger partial charge in [0.2, 0.25) is 0 Å². The van der Waals surface area contributed by atoms with Crippen LogP contribution in [0.2, 0.25) is 0 Å². The van der Waals surface area contributed by atoms with Crippen LogP contribution in [-0.4, -0.2) is 60.3 Å². The summed E-state index contributed by atoms with van der Waals surface area (Å²) in [6, 6.07) is 10.0. The van der Waals surface area contributed by atoms with Crippen molar-refractivity contribution in [3.63, 3.8) is 0 Å². The van der Waals surface area contributed by atoms with Crippen LogP contribution in [0.3, 0.4) is 0 Å². The van der Waals surface area contributed by atoms with Gasteiger partial charge in [0.05, 0.1) is 30.9 Å². The van der Waals surface area contributed by atoms with E-state index >= 15 is 0 Å². The molecule has 0 unspecified atom stereocenters. The highest BCUT2D eigenvalue weighted by atomic mass is 16.5. The number of benzene rings is 1. The zero-order chi connectivity index (χ0) is 18.1. The second-order valence-electron chi connectivity index (χ2n) is 6.17. The van der Waals surface area contributed by atoms with E-state index in [1.165, 1.54) is 6.20 Å². The lowest BCUT2D eigenvalue weighted by atomic mass is 10.1. The third-order valence-electron chi connectivity index (χ3n) is 4.58. The molecule has 4 rings (SSSR count). The normalized spacial score (nSPS) is 16.8. The molecule has 0 bridgehead atoms. The van der Waals surface area contributed by atoms with Gasteiger partial charge in [-0.2, -0.15) is 0 Å². The molecule has 26 heavy (non-hydrogen) atoms. The van der Waals surface area contributed by atoms with Crippen molar-refractivity contribution in [2.45, 2.75) is 0 Å². The highest BCUT2D eigenvalue weighted by Crippen LogP contribution is 2.23. The second kappa shape index (κ2) is 6.68. The lowest BCUT2D eigenvalue weighted by Crippen LogP contribution is -2.37. The molecular weight excluding hydrogens is 334 g/mol. The quantitative estimate of drug-likeness (QED) is 0.612. The van der Waals surface area contributed by atoms with E-state index in [9.17, 15) is 14.4 Å². The molecule has 2 aromatic rings. The fourth-order valence-electron chi connectivity index (χ4n) is 3.15. The fraction of sp³-hybridized carbons (Fsp3) is 0.263. The summed E-state index contributed by atoms with van der Waals surface area (Å²) in [7, 11) is 0. The molecule has 0 atom stereocenters. The van der Waals surface area contributed by atoms with Crippen LogP contribution in [0, 0.1) is 0 Å². The van der Waals surface area contributed by atoms with Gasteiger partial charge in [-0.15, -0.1) is 0 Å². The number of ketones is 1. The summed E-state index contributed by atoms with van der Waals surface area (Å²) in [5, 5.41) is 0. The number of fused-ring (bicyclic) bond motifs is 1. The molecule has 2 aliphatic rings. The Hall–Kier alpha value is -3.06. The molecule has 1 aromatic carbocycles. The molecule has 2 amide bonds. The van der Waals surface area contributed by atoms with Gasteiger partial charge in [-0.05, 0) is 24.3 Å². The van der Waals surface area contributed by atoms with Crippen molar-refractivity contribution >= 4 is 23.4 Å². The number of carbonyl (C=O) groups is 3. The first-order valence-electron chi connectivity index (χ1n) is 8.42. The fourth-order valence-corrected chi connectivity index (χ4v) is 3.15. The average Bonchev–Trinajstić information content (AvgIpc) is 2.94. The van der Waals surface area contributed by atoms with Crippen molar-refractivity contribution in [1.29, 1.82) is 0 Å². The van der Waals surface area contributed by atoms with Crippen molar-refractivity contribution in [1.82, 2.24) is 9.88 Å². The number of hydrogen-bond acceptors (Lipinski definition) is 6. The van der Waals surface area contributed by atoms with E-state index in [1.807, 2.05) is 0 Å². The lowest BCUT2D eigenvalue weighted by molar-refractivity contribution is 0.0624. The number of nitrogens with zero attached hydrogens (tertiary/aromatic N) is 3.